The lowest BCUT2D eigenvalue weighted by molar-refractivity contribution is -0.112. The second-order valence-corrected chi connectivity index (χ2v) is 4.65. The lowest BCUT2D eigenvalue weighted by Gasteiger charge is -2.21. The molecule has 2 rings (SSSR count). The Morgan fingerprint density at radius 3 is 2.50 bits per heavy atom. The van der Waals surface area contributed by atoms with E-state index >= 15 is 0 Å². The van der Waals surface area contributed by atoms with Gasteiger partial charge in [-0.1, -0.05) is 0 Å². The van der Waals surface area contributed by atoms with Crippen LogP contribution >= 0.6 is 0 Å². The number of amides is 1. The molecule has 1 saturated heterocycles. The molecule has 1 aliphatic heterocycles. The van der Waals surface area contributed by atoms with Crippen LogP contribution < -0.4 is 15.4 Å². The van der Waals surface area contributed by atoms with Crippen molar-refractivity contribution in [3.63, 3.8) is 0 Å². The molecule has 2 N–H and O–H groups in total. The summed E-state index contributed by atoms with van der Waals surface area (Å²) < 4.78 is 10.4. The molecule has 1 heterocycles. The molecule has 1 amide bonds. The fourth-order valence-corrected chi connectivity index (χ4v) is 1.78. The van der Waals surface area contributed by atoms with E-state index in [1.165, 1.54) is 5.57 Å². The van der Waals surface area contributed by atoms with E-state index in [9.17, 15) is 4.79 Å². The molecule has 5 heteroatoms. The van der Waals surface area contributed by atoms with Crippen LogP contribution in [0.2, 0.25) is 0 Å². The van der Waals surface area contributed by atoms with Gasteiger partial charge in [0.2, 0.25) is 0 Å². The number of anilines is 1. The summed E-state index contributed by atoms with van der Waals surface area (Å²) in [6.45, 7) is 4.55. The van der Waals surface area contributed by atoms with Crippen molar-refractivity contribution >= 4 is 11.6 Å². The van der Waals surface area contributed by atoms with Crippen LogP contribution in [0.4, 0.5) is 5.69 Å². The smallest absolute Gasteiger partial charge is 0.251 e. The summed E-state index contributed by atoms with van der Waals surface area (Å²) in [6.07, 6.45) is 0. The number of hydrogen-bond acceptors (Lipinski definition) is 4. The highest BCUT2D eigenvalue weighted by atomic mass is 16.5. The van der Waals surface area contributed by atoms with Crippen LogP contribution in [-0.4, -0.2) is 39.3 Å². The van der Waals surface area contributed by atoms with E-state index in [1.807, 2.05) is 31.2 Å². The zero-order valence-corrected chi connectivity index (χ0v) is 11.9. The Kier molecular flexibility index (Phi) is 5.15. The van der Waals surface area contributed by atoms with Crippen molar-refractivity contribution in [1.82, 2.24) is 5.32 Å². The number of benzene rings is 1. The molecule has 1 aliphatic rings. The first-order valence-electron chi connectivity index (χ1n) is 6.63. The maximum Gasteiger partial charge on any atom is 0.251 e. The lowest BCUT2D eigenvalue weighted by atomic mass is 10.0. The van der Waals surface area contributed by atoms with Crippen LogP contribution in [0, 0.1) is 0 Å². The van der Waals surface area contributed by atoms with Gasteiger partial charge in [-0.25, -0.2) is 0 Å². The summed E-state index contributed by atoms with van der Waals surface area (Å²) in [5.74, 6) is 0.716. The van der Waals surface area contributed by atoms with Gasteiger partial charge in [-0.2, -0.15) is 0 Å². The third kappa shape index (κ3) is 3.82. The van der Waals surface area contributed by atoms with Crippen LogP contribution in [0.3, 0.4) is 0 Å². The van der Waals surface area contributed by atoms with E-state index in [-0.39, 0.29) is 5.91 Å². The predicted molar refractivity (Wildman–Crippen MR) is 78.0 cm³/mol. The quantitative estimate of drug-likeness (QED) is 0.611. The first kappa shape index (κ1) is 14.6. The minimum absolute atomic E-state index is 0.0467. The molecule has 108 valence electrons. The maximum absolute atomic E-state index is 12.0. The summed E-state index contributed by atoms with van der Waals surface area (Å²) in [5, 5.41) is 6.01. The molecule has 0 radical (unpaired) electrons. The number of ether oxygens (including phenoxy) is 2. The van der Waals surface area contributed by atoms with Crippen LogP contribution in [-0.2, 0) is 9.53 Å². The number of carbonyl (C=O) groups excluding carboxylic acids is 1. The van der Waals surface area contributed by atoms with Crippen LogP contribution in [0.5, 0.6) is 5.75 Å². The van der Waals surface area contributed by atoms with Crippen molar-refractivity contribution < 1.29 is 14.3 Å². The Hall–Kier alpha value is -1.85. The van der Waals surface area contributed by atoms with Gasteiger partial charge in [0.1, 0.15) is 12.4 Å². The standard InChI is InChI=1S/C15H20N2O3/c1-11(12-9-16-10-12)15(18)17-13-3-5-14(6-4-13)20-8-7-19-2/h3-6,16H,7-10H2,1-2H3,(H,17,18). The molecule has 1 aromatic carbocycles. The monoisotopic (exact) mass is 276 g/mol. The third-order valence-corrected chi connectivity index (χ3v) is 3.22. The highest BCUT2D eigenvalue weighted by molar-refractivity contribution is 6.04. The molecule has 0 spiro atoms. The SMILES string of the molecule is COCCOc1ccc(NC(=O)C(C)=C2CNC2)cc1. The first-order valence-corrected chi connectivity index (χ1v) is 6.63. The molecule has 0 aliphatic carbocycles. The maximum atomic E-state index is 12.0. The fraction of sp³-hybridized carbons (Fsp3) is 0.400. The lowest BCUT2D eigenvalue weighted by Crippen LogP contribution is -2.36. The highest BCUT2D eigenvalue weighted by Gasteiger charge is 2.15. The topological polar surface area (TPSA) is 59.6 Å². The Balaban J connectivity index is 1.88. The van der Waals surface area contributed by atoms with Gasteiger partial charge in [-0.05, 0) is 36.8 Å². The summed E-state index contributed by atoms with van der Waals surface area (Å²) in [4.78, 5) is 12.0. The Morgan fingerprint density at radius 1 is 1.25 bits per heavy atom. The molecule has 20 heavy (non-hydrogen) atoms. The Bertz CT molecular complexity index is 488. The molecule has 1 aromatic rings. The number of hydrogen-bond donors (Lipinski definition) is 2. The minimum Gasteiger partial charge on any atom is -0.491 e. The van der Waals surface area contributed by atoms with Crippen molar-refractivity contribution in [3.8, 4) is 5.75 Å². The van der Waals surface area contributed by atoms with Gasteiger partial charge in [-0.15, -0.1) is 0 Å². The van der Waals surface area contributed by atoms with Gasteiger partial charge in [-0.3, -0.25) is 4.79 Å². The second kappa shape index (κ2) is 7.07. The van der Waals surface area contributed by atoms with Gasteiger partial charge in [0.15, 0.2) is 0 Å². The Morgan fingerprint density at radius 2 is 1.95 bits per heavy atom. The minimum atomic E-state index is -0.0467. The van der Waals surface area contributed by atoms with E-state index in [0.29, 0.717) is 13.2 Å². The fourth-order valence-electron chi connectivity index (χ4n) is 1.78. The molecule has 0 unspecified atom stereocenters. The normalized spacial score (nSPS) is 13.6. The number of methoxy groups -OCH3 is 1. The van der Waals surface area contributed by atoms with Gasteiger partial charge < -0.3 is 20.1 Å². The molecule has 0 saturated carbocycles. The first-order chi connectivity index (χ1) is 9.70. The predicted octanol–water partition coefficient (Wildman–Crippen LogP) is 1.57. The van der Waals surface area contributed by atoms with Gasteiger partial charge in [0.05, 0.1) is 6.61 Å². The van der Waals surface area contributed by atoms with Crippen LogP contribution in [0.1, 0.15) is 6.92 Å². The highest BCUT2D eigenvalue weighted by Crippen LogP contribution is 2.17. The van der Waals surface area contributed by atoms with E-state index in [2.05, 4.69) is 10.6 Å². The third-order valence-electron chi connectivity index (χ3n) is 3.22. The number of carbonyl (C=O) groups is 1. The largest absolute Gasteiger partial charge is 0.491 e. The molecular weight excluding hydrogens is 256 g/mol. The average Bonchev–Trinajstić information content (AvgIpc) is 2.39. The molecule has 0 bridgehead atoms. The molecular formula is C15H20N2O3. The van der Waals surface area contributed by atoms with Crippen LogP contribution in [0.25, 0.3) is 0 Å². The van der Waals surface area contributed by atoms with E-state index < -0.39 is 0 Å². The summed E-state index contributed by atoms with van der Waals surface area (Å²) >= 11 is 0. The van der Waals surface area contributed by atoms with Crippen molar-refractivity contribution in [2.24, 2.45) is 0 Å². The van der Waals surface area contributed by atoms with E-state index in [1.54, 1.807) is 7.11 Å². The van der Waals surface area contributed by atoms with Gasteiger partial charge in [0, 0.05) is 31.5 Å². The number of nitrogens with one attached hydrogen (secondary N) is 2. The van der Waals surface area contributed by atoms with Crippen molar-refractivity contribution in [3.05, 3.63) is 35.4 Å². The molecule has 1 fully saturated rings. The zero-order valence-electron chi connectivity index (χ0n) is 11.9. The summed E-state index contributed by atoms with van der Waals surface area (Å²) in [5.41, 5.74) is 2.73. The Labute approximate surface area is 119 Å². The van der Waals surface area contributed by atoms with Crippen molar-refractivity contribution in [2.75, 3.05) is 38.7 Å². The second-order valence-electron chi connectivity index (χ2n) is 4.65. The molecule has 0 aromatic heterocycles. The molecule has 5 nitrogen and oxygen atoms in total. The average molecular weight is 276 g/mol. The number of rotatable bonds is 6. The van der Waals surface area contributed by atoms with E-state index in [4.69, 9.17) is 9.47 Å². The summed E-state index contributed by atoms with van der Waals surface area (Å²) in [7, 11) is 1.64. The van der Waals surface area contributed by atoms with Gasteiger partial charge >= 0.3 is 0 Å². The van der Waals surface area contributed by atoms with Crippen molar-refractivity contribution in [1.29, 1.82) is 0 Å². The van der Waals surface area contributed by atoms with E-state index in [0.717, 1.165) is 30.1 Å². The molecule has 0 atom stereocenters. The van der Waals surface area contributed by atoms with Gasteiger partial charge in [0.25, 0.3) is 5.91 Å². The van der Waals surface area contributed by atoms with Crippen LogP contribution in [0.15, 0.2) is 35.4 Å². The zero-order chi connectivity index (χ0) is 14.4. The summed E-state index contributed by atoms with van der Waals surface area (Å²) in [6, 6.07) is 7.32. The van der Waals surface area contributed by atoms with Crippen molar-refractivity contribution in [2.45, 2.75) is 6.92 Å².